The summed E-state index contributed by atoms with van der Waals surface area (Å²) in [5.74, 6) is -7.60. The molecule has 4 atom stereocenters. The van der Waals surface area contributed by atoms with Crippen LogP contribution in [0, 0.1) is 28.1 Å². The molecule has 2 spiro atoms. The van der Waals surface area contributed by atoms with Crippen molar-refractivity contribution in [1.29, 1.82) is 5.26 Å². The van der Waals surface area contributed by atoms with Gasteiger partial charge in [-0.2, -0.15) is 18.4 Å². The molecule has 4 fully saturated rings. The third-order valence-electron chi connectivity index (χ3n) is 9.02. The van der Waals surface area contributed by atoms with Crippen LogP contribution in [-0.4, -0.2) is 70.8 Å². The first kappa shape index (κ1) is 31.0. The zero-order valence-corrected chi connectivity index (χ0v) is 23.3. The summed E-state index contributed by atoms with van der Waals surface area (Å²) in [6.07, 6.45) is -3.94. The molecule has 4 aliphatic rings. The van der Waals surface area contributed by atoms with Crippen molar-refractivity contribution in [2.24, 2.45) is 16.7 Å². The number of nitriles is 1. The number of carbonyl (C=O) groups is 4. The maximum Gasteiger partial charge on any atom is 0.471 e. The lowest BCUT2D eigenvalue weighted by Gasteiger charge is -2.38. The number of likely N-dealkylation sites (tertiary alicyclic amines) is 1. The zero-order chi connectivity index (χ0) is 30.6. The number of hydrogen-bond acceptors (Lipinski definition) is 5. The molecule has 2 aliphatic carbocycles. The summed E-state index contributed by atoms with van der Waals surface area (Å²) < 4.78 is 67.3. The van der Waals surface area contributed by atoms with Crippen LogP contribution in [0.4, 0.5) is 22.0 Å². The Morgan fingerprint density at radius 3 is 2.15 bits per heavy atom. The highest BCUT2D eigenvalue weighted by Gasteiger charge is 2.56. The number of nitrogens with one attached hydrogen (secondary N) is 3. The summed E-state index contributed by atoms with van der Waals surface area (Å²) in [5.41, 5.74) is -2.31. The average Bonchev–Trinajstić information content (AvgIpc) is 3.38. The summed E-state index contributed by atoms with van der Waals surface area (Å²) in [4.78, 5) is 52.6. The van der Waals surface area contributed by atoms with Crippen molar-refractivity contribution in [3.8, 4) is 6.07 Å². The molecule has 41 heavy (non-hydrogen) atoms. The monoisotopic (exact) mass is 589 g/mol. The first-order valence-electron chi connectivity index (χ1n) is 13.9. The van der Waals surface area contributed by atoms with Gasteiger partial charge < -0.3 is 20.9 Å². The third kappa shape index (κ3) is 6.75. The number of carbonyl (C=O) groups excluding carboxylic acids is 4. The highest BCUT2D eigenvalue weighted by molar-refractivity contribution is 5.94. The molecule has 2 saturated carbocycles. The zero-order valence-electron chi connectivity index (χ0n) is 23.3. The van der Waals surface area contributed by atoms with Crippen LogP contribution in [0.1, 0.15) is 78.6 Å². The Morgan fingerprint density at radius 2 is 1.66 bits per heavy atom. The molecule has 0 radical (unpaired) electrons. The highest BCUT2D eigenvalue weighted by atomic mass is 19.4. The van der Waals surface area contributed by atoms with Crippen molar-refractivity contribution in [2.45, 2.75) is 114 Å². The molecule has 4 amide bonds. The number of halogens is 5. The SMILES string of the molecule is CC(C)(C)[C@H](NC(=O)C(F)(F)F)C(=O)N1CC2(CCC(F)(F)CC2)C[C@H]1C(=O)N[C@H](C#N)C[C@@H]1CC2(CC2)NC1=O. The largest absolute Gasteiger partial charge is 0.471 e. The maximum absolute atomic E-state index is 14.0. The minimum atomic E-state index is -5.26. The van der Waals surface area contributed by atoms with Crippen LogP contribution < -0.4 is 16.0 Å². The fourth-order valence-electron chi connectivity index (χ4n) is 6.40. The fourth-order valence-corrected chi connectivity index (χ4v) is 6.40. The summed E-state index contributed by atoms with van der Waals surface area (Å²) >= 11 is 0. The fraction of sp³-hybridized carbons (Fsp3) is 0.815. The summed E-state index contributed by atoms with van der Waals surface area (Å²) in [7, 11) is 0. The Morgan fingerprint density at radius 1 is 1.05 bits per heavy atom. The van der Waals surface area contributed by atoms with Gasteiger partial charge in [-0.05, 0) is 55.8 Å². The van der Waals surface area contributed by atoms with Crippen LogP contribution in [0.2, 0.25) is 0 Å². The molecule has 0 aromatic heterocycles. The standard InChI is InChI=1S/C27H36F5N5O4/c1-23(2,3)18(35-22(41)27(30,31)32)21(40)37-14-24(4-8-26(28,29)9-5-24)12-17(37)20(39)34-16(13-33)10-15-11-25(6-7-25)36-19(15)38/h15-18H,4-12,14H2,1-3H3,(H,34,39)(H,35,41)(H,36,38)/t15-,16+,17+,18-/m1/s1. The second kappa shape index (κ2) is 10.4. The van der Waals surface area contributed by atoms with Crippen molar-refractivity contribution < 1.29 is 41.1 Å². The van der Waals surface area contributed by atoms with Crippen LogP contribution in [0.25, 0.3) is 0 Å². The number of nitrogens with zero attached hydrogens (tertiary/aromatic N) is 2. The molecule has 4 rings (SSSR count). The quantitative estimate of drug-likeness (QED) is 0.410. The van der Waals surface area contributed by atoms with Crippen LogP contribution in [-0.2, 0) is 19.2 Å². The van der Waals surface area contributed by atoms with E-state index in [1.54, 1.807) is 5.32 Å². The van der Waals surface area contributed by atoms with E-state index in [9.17, 15) is 46.4 Å². The van der Waals surface area contributed by atoms with Gasteiger partial charge >= 0.3 is 12.1 Å². The van der Waals surface area contributed by atoms with E-state index in [0.717, 1.165) is 17.7 Å². The number of hydrogen-bond donors (Lipinski definition) is 3. The van der Waals surface area contributed by atoms with E-state index in [0.29, 0.717) is 6.42 Å². The molecule has 14 heteroatoms. The molecular weight excluding hydrogens is 553 g/mol. The number of amides is 4. The van der Waals surface area contributed by atoms with Crippen molar-refractivity contribution in [1.82, 2.24) is 20.9 Å². The Labute approximate surface area is 234 Å². The molecule has 0 aromatic carbocycles. The third-order valence-corrected chi connectivity index (χ3v) is 9.02. The minimum Gasteiger partial charge on any atom is -0.350 e. The van der Waals surface area contributed by atoms with Crippen LogP contribution in [0.5, 0.6) is 0 Å². The Hall–Kier alpha value is -2.98. The molecule has 2 saturated heterocycles. The van der Waals surface area contributed by atoms with Gasteiger partial charge in [0, 0.05) is 30.8 Å². The lowest BCUT2D eigenvalue weighted by atomic mass is 9.71. The number of rotatable bonds is 6. The van der Waals surface area contributed by atoms with Crippen LogP contribution in [0.3, 0.4) is 0 Å². The first-order chi connectivity index (χ1) is 18.8. The van der Waals surface area contributed by atoms with Gasteiger partial charge in [-0.3, -0.25) is 19.2 Å². The smallest absolute Gasteiger partial charge is 0.350 e. The summed E-state index contributed by atoms with van der Waals surface area (Å²) in [5, 5.41) is 17.0. The van der Waals surface area contributed by atoms with Gasteiger partial charge in [0.05, 0.1) is 6.07 Å². The van der Waals surface area contributed by atoms with E-state index in [1.165, 1.54) is 20.8 Å². The molecule has 0 aromatic rings. The molecule has 9 nitrogen and oxygen atoms in total. The minimum absolute atomic E-state index is 0.00530. The van der Waals surface area contributed by atoms with Gasteiger partial charge in [-0.1, -0.05) is 20.8 Å². The van der Waals surface area contributed by atoms with E-state index in [1.807, 2.05) is 6.07 Å². The lowest BCUT2D eigenvalue weighted by molar-refractivity contribution is -0.176. The Kier molecular flexibility index (Phi) is 7.84. The van der Waals surface area contributed by atoms with E-state index in [-0.39, 0.29) is 43.7 Å². The van der Waals surface area contributed by atoms with Gasteiger partial charge in [0.1, 0.15) is 18.1 Å². The van der Waals surface area contributed by atoms with E-state index in [4.69, 9.17) is 0 Å². The maximum atomic E-state index is 14.0. The predicted molar refractivity (Wildman–Crippen MR) is 134 cm³/mol. The molecule has 2 aliphatic heterocycles. The second-order valence-corrected chi connectivity index (χ2v) is 13.4. The van der Waals surface area contributed by atoms with E-state index in [2.05, 4.69) is 10.6 Å². The van der Waals surface area contributed by atoms with Crippen LogP contribution in [0.15, 0.2) is 0 Å². The van der Waals surface area contributed by atoms with Crippen LogP contribution >= 0.6 is 0 Å². The average molecular weight is 590 g/mol. The van der Waals surface area contributed by atoms with Crippen molar-refractivity contribution >= 4 is 23.6 Å². The van der Waals surface area contributed by atoms with Gasteiger partial charge in [0.25, 0.3) is 0 Å². The first-order valence-corrected chi connectivity index (χ1v) is 13.9. The van der Waals surface area contributed by atoms with Gasteiger partial charge in [0.15, 0.2) is 0 Å². The van der Waals surface area contributed by atoms with Gasteiger partial charge in [-0.15, -0.1) is 0 Å². The normalized spacial score (nSPS) is 27.6. The summed E-state index contributed by atoms with van der Waals surface area (Å²) in [6, 6.07) is -2.04. The van der Waals surface area contributed by atoms with Gasteiger partial charge in [0.2, 0.25) is 23.6 Å². The topological polar surface area (TPSA) is 131 Å². The molecule has 228 valence electrons. The van der Waals surface area contributed by atoms with E-state index >= 15 is 0 Å². The molecule has 0 unspecified atom stereocenters. The summed E-state index contributed by atoms with van der Waals surface area (Å²) in [6.45, 7) is 4.22. The lowest BCUT2D eigenvalue weighted by Crippen LogP contribution is -2.59. The highest BCUT2D eigenvalue weighted by Crippen LogP contribution is 2.51. The molecular formula is C27H36F5N5O4. The second-order valence-electron chi connectivity index (χ2n) is 13.4. The van der Waals surface area contributed by atoms with Gasteiger partial charge in [-0.25, -0.2) is 8.78 Å². The molecule has 0 bridgehead atoms. The Balaban J connectivity index is 1.56. The molecule has 3 N–H and O–H groups in total. The van der Waals surface area contributed by atoms with Crippen molar-refractivity contribution in [2.75, 3.05) is 6.54 Å². The Bertz CT molecular complexity index is 1130. The van der Waals surface area contributed by atoms with E-state index < -0.39 is 77.5 Å². The van der Waals surface area contributed by atoms with Crippen molar-refractivity contribution in [3.63, 3.8) is 0 Å². The van der Waals surface area contributed by atoms with Crippen molar-refractivity contribution in [3.05, 3.63) is 0 Å². The molecule has 2 heterocycles. The predicted octanol–water partition coefficient (Wildman–Crippen LogP) is 2.94. The number of alkyl halides is 5.